The Morgan fingerprint density at radius 2 is 2.17 bits per heavy atom. The number of likely N-dealkylation sites (N-methyl/N-ethyl adjacent to an activating group) is 1. The second-order valence-corrected chi connectivity index (χ2v) is 5.91. The predicted molar refractivity (Wildman–Crippen MR) is 78.3 cm³/mol. The molecule has 0 unspecified atom stereocenters. The first-order valence-corrected chi connectivity index (χ1v) is 7.20. The summed E-state index contributed by atoms with van der Waals surface area (Å²) < 4.78 is 1.98. The summed E-state index contributed by atoms with van der Waals surface area (Å²) in [6, 6.07) is 2.05. The third kappa shape index (κ3) is 2.64. The van der Waals surface area contributed by atoms with Crippen LogP contribution in [0.1, 0.15) is 30.7 Å². The number of hydrogen-bond acceptors (Lipinski definition) is 3. The highest BCUT2D eigenvalue weighted by Gasteiger charge is 2.19. The number of thiol groups is 1. The van der Waals surface area contributed by atoms with Crippen LogP contribution >= 0.6 is 12.6 Å². The maximum atomic E-state index is 12.4. The zero-order chi connectivity index (χ0) is 13.3. The average Bonchev–Trinajstić information content (AvgIpc) is 2.31. The van der Waals surface area contributed by atoms with Crippen LogP contribution < -0.4 is 5.56 Å². The van der Waals surface area contributed by atoms with Crippen molar-refractivity contribution in [3.05, 3.63) is 33.2 Å². The number of nitrogens with zero attached hydrogens (tertiary/aromatic N) is 2. The Hall–Kier alpha value is -0.740. The zero-order valence-corrected chi connectivity index (χ0v) is 12.3. The summed E-state index contributed by atoms with van der Waals surface area (Å²) in [6.45, 7) is 7.09. The molecular weight excluding hydrogens is 244 g/mol. The van der Waals surface area contributed by atoms with Gasteiger partial charge in [0.05, 0.1) is 0 Å². The highest BCUT2D eigenvalue weighted by atomic mass is 32.1. The standard InChI is InChI=1S/C14H22N2OS/c1-10(2)7-16-13-4-5-15(3)8-11(13)6-12(9-18)14(16)17/h6,10,18H,4-5,7-9H2,1-3H3. The molecule has 1 aromatic rings. The highest BCUT2D eigenvalue weighted by molar-refractivity contribution is 7.79. The third-order valence-corrected chi connectivity index (χ3v) is 3.79. The lowest BCUT2D eigenvalue weighted by molar-refractivity contribution is 0.301. The number of fused-ring (bicyclic) bond motifs is 1. The first kappa shape index (κ1) is 13.7. The van der Waals surface area contributed by atoms with Crippen molar-refractivity contribution in [1.29, 1.82) is 0 Å². The Morgan fingerprint density at radius 3 is 2.78 bits per heavy atom. The van der Waals surface area contributed by atoms with Gasteiger partial charge in [0.1, 0.15) is 0 Å². The first-order chi connectivity index (χ1) is 8.52. The van der Waals surface area contributed by atoms with Crippen molar-refractivity contribution in [2.75, 3.05) is 13.6 Å². The molecule has 2 rings (SSSR count). The third-order valence-electron chi connectivity index (χ3n) is 3.45. The summed E-state index contributed by atoms with van der Waals surface area (Å²) in [7, 11) is 2.13. The lowest BCUT2D eigenvalue weighted by atomic mass is 10.0. The molecule has 0 bridgehead atoms. The van der Waals surface area contributed by atoms with Crippen LogP contribution in [0.4, 0.5) is 0 Å². The molecule has 0 aromatic carbocycles. The fourth-order valence-electron chi connectivity index (χ4n) is 2.60. The topological polar surface area (TPSA) is 25.2 Å². The van der Waals surface area contributed by atoms with Gasteiger partial charge in [-0.05, 0) is 24.6 Å². The van der Waals surface area contributed by atoms with Crippen molar-refractivity contribution in [3.8, 4) is 0 Å². The van der Waals surface area contributed by atoms with Gasteiger partial charge < -0.3 is 9.47 Å². The van der Waals surface area contributed by atoms with E-state index < -0.39 is 0 Å². The molecule has 1 aliphatic heterocycles. The van der Waals surface area contributed by atoms with Crippen molar-refractivity contribution >= 4 is 12.6 Å². The molecule has 0 fully saturated rings. The van der Waals surface area contributed by atoms with Crippen molar-refractivity contribution in [2.45, 2.75) is 39.1 Å². The minimum atomic E-state index is 0.155. The molecule has 4 heteroatoms. The van der Waals surface area contributed by atoms with Gasteiger partial charge in [-0.25, -0.2) is 0 Å². The summed E-state index contributed by atoms with van der Waals surface area (Å²) in [5.74, 6) is 1.01. The van der Waals surface area contributed by atoms with E-state index in [1.807, 2.05) is 4.57 Å². The van der Waals surface area contributed by atoms with E-state index in [0.717, 1.165) is 31.6 Å². The quantitative estimate of drug-likeness (QED) is 0.846. The van der Waals surface area contributed by atoms with E-state index in [-0.39, 0.29) is 5.56 Å². The van der Waals surface area contributed by atoms with E-state index in [2.05, 4.69) is 44.5 Å². The second-order valence-electron chi connectivity index (χ2n) is 5.60. The molecule has 2 heterocycles. The minimum Gasteiger partial charge on any atom is -0.312 e. The smallest absolute Gasteiger partial charge is 0.254 e. The minimum absolute atomic E-state index is 0.155. The fraction of sp³-hybridized carbons (Fsp3) is 0.643. The van der Waals surface area contributed by atoms with Crippen LogP contribution in [0.2, 0.25) is 0 Å². The van der Waals surface area contributed by atoms with Crippen LogP contribution in [0.15, 0.2) is 10.9 Å². The highest BCUT2D eigenvalue weighted by Crippen LogP contribution is 2.19. The van der Waals surface area contributed by atoms with Crippen LogP contribution in [0.5, 0.6) is 0 Å². The van der Waals surface area contributed by atoms with Crippen molar-refractivity contribution < 1.29 is 0 Å². The molecule has 3 nitrogen and oxygen atoms in total. The van der Waals surface area contributed by atoms with Gasteiger partial charge in [-0.15, -0.1) is 0 Å². The maximum Gasteiger partial charge on any atom is 0.254 e. The van der Waals surface area contributed by atoms with Gasteiger partial charge >= 0.3 is 0 Å². The molecule has 0 amide bonds. The average molecular weight is 266 g/mol. The molecule has 0 atom stereocenters. The van der Waals surface area contributed by atoms with Gasteiger partial charge in [0.15, 0.2) is 0 Å². The van der Waals surface area contributed by atoms with E-state index >= 15 is 0 Å². The summed E-state index contributed by atoms with van der Waals surface area (Å²) >= 11 is 4.28. The second kappa shape index (κ2) is 5.49. The van der Waals surface area contributed by atoms with Gasteiger partial charge in [-0.1, -0.05) is 13.8 Å². The van der Waals surface area contributed by atoms with E-state index in [4.69, 9.17) is 0 Å². The monoisotopic (exact) mass is 266 g/mol. The Kier molecular flexibility index (Phi) is 4.17. The molecule has 18 heavy (non-hydrogen) atoms. The van der Waals surface area contributed by atoms with Crippen LogP contribution in [0.25, 0.3) is 0 Å². The van der Waals surface area contributed by atoms with Gasteiger partial charge in [0.2, 0.25) is 0 Å². The molecule has 1 aromatic heterocycles. The molecule has 0 radical (unpaired) electrons. The van der Waals surface area contributed by atoms with Crippen molar-refractivity contribution in [3.63, 3.8) is 0 Å². The van der Waals surface area contributed by atoms with Crippen LogP contribution in [-0.2, 0) is 25.3 Å². The van der Waals surface area contributed by atoms with Gasteiger partial charge in [-0.2, -0.15) is 12.6 Å². The molecule has 0 aliphatic carbocycles. The first-order valence-electron chi connectivity index (χ1n) is 6.56. The molecule has 0 N–H and O–H groups in total. The predicted octanol–water partition coefficient (Wildman–Crippen LogP) is 1.92. The molecule has 0 saturated carbocycles. The normalized spacial score (nSPS) is 16.1. The lowest BCUT2D eigenvalue weighted by Crippen LogP contribution is -2.36. The lowest BCUT2D eigenvalue weighted by Gasteiger charge is -2.28. The van der Waals surface area contributed by atoms with E-state index in [1.54, 1.807) is 0 Å². The van der Waals surface area contributed by atoms with Gasteiger partial charge in [0, 0.05) is 43.1 Å². The Labute approximate surface area is 114 Å². The van der Waals surface area contributed by atoms with Crippen molar-refractivity contribution in [1.82, 2.24) is 9.47 Å². The molecule has 1 aliphatic rings. The molecule has 0 saturated heterocycles. The van der Waals surface area contributed by atoms with Gasteiger partial charge in [-0.3, -0.25) is 4.79 Å². The molecular formula is C14H22N2OS. The number of rotatable bonds is 3. The van der Waals surface area contributed by atoms with Crippen LogP contribution in [-0.4, -0.2) is 23.1 Å². The largest absolute Gasteiger partial charge is 0.312 e. The Balaban J connectivity index is 2.54. The summed E-state index contributed by atoms with van der Waals surface area (Å²) in [5.41, 5.74) is 3.51. The summed E-state index contributed by atoms with van der Waals surface area (Å²) in [4.78, 5) is 14.7. The molecule has 0 spiro atoms. The number of aromatic nitrogens is 1. The van der Waals surface area contributed by atoms with Crippen LogP contribution in [0, 0.1) is 5.92 Å². The summed E-state index contributed by atoms with van der Waals surface area (Å²) in [6.07, 6.45) is 0.973. The zero-order valence-electron chi connectivity index (χ0n) is 11.4. The fourth-order valence-corrected chi connectivity index (χ4v) is 2.82. The number of pyridine rings is 1. The Morgan fingerprint density at radius 1 is 1.44 bits per heavy atom. The van der Waals surface area contributed by atoms with E-state index in [1.165, 1.54) is 11.3 Å². The Bertz CT molecular complexity index is 493. The van der Waals surface area contributed by atoms with Gasteiger partial charge in [0.25, 0.3) is 5.56 Å². The maximum absolute atomic E-state index is 12.4. The molecule has 100 valence electrons. The van der Waals surface area contributed by atoms with Crippen molar-refractivity contribution in [2.24, 2.45) is 5.92 Å². The number of hydrogen-bond donors (Lipinski definition) is 1. The summed E-state index contributed by atoms with van der Waals surface area (Å²) in [5, 5.41) is 0. The SMILES string of the molecule is CC(C)Cn1c2c(cc(CS)c1=O)CN(C)CC2. The van der Waals surface area contributed by atoms with Crippen LogP contribution in [0.3, 0.4) is 0 Å². The van der Waals surface area contributed by atoms with E-state index in [0.29, 0.717) is 11.7 Å². The van der Waals surface area contributed by atoms with E-state index in [9.17, 15) is 4.79 Å².